The highest BCUT2D eigenvalue weighted by atomic mass is 16.3. The summed E-state index contributed by atoms with van der Waals surface area (Å²) >= 11 is 0. The molecule has 0 saturated carbocycles. The number of hydrogen-bond donors (Lipinski definition) is 2. The van der Waals surface area contributed by atoms with Gasteiger partial charge in [0.15, 0.2) is 0 Å². The Labute approximate surface area is 127 Å². The zero-order valence-corrected chi connectivity index (χ0v) is 13.2. The Hall–Kier alpha value is -2.00. The van der Waals surface area contributed by atoms with Crippen LogP contribution in [0.3, 0.4) is 0 Å². The molecular formula is C18H24N2O. The Morgan fingerprint density at radius 2 is 1.90 bits per heavy atom. The standard InChI is InChI=1S/C18H24N2O/c1-13-10-17(8-9-18(13)20(3)4)19-14(2)16-7-5-6-15(11-16)12-21/h5-11,14,19,21H,12H2,1-4H3. The summed E-state index contributed by atoms with van der Waals surface area (Å²) in [6, 6.07) is 14.6. The van der Waals surface area contributed by atoms with Gasteiger partial charge in [-0.05, 0) is 48.7 Å². The Balaban J connectivity index is 2.15. The molecule has 2 aromatic carbocycles. The van der Waals surface area contributed by atoms with Gasteiger partial charge in [-0.1, -0.05) is 24.3 Å². The summed E-state index contributed by atoms with van der Waals surface area (Å²) in [5.41, 5.74) is 5.72. The molecule has 1 atom stereocenters. The fraction of sp³-hybridized carbons (Fsp3) is 0.333. The zero-order valence-electron chi connectivity index (χ0n) is 13.2. The predicted molar refractivity (Wildman–Crippen MR) is 89.9 cm³/mol. The van der Waals surface area contributed by atoms with Crippen LogP contribution in [0.5, 0.6) is 0 Å². The molecule has 1 unspecified atom stereocenters. The molecule has 2 aromatic rings. The molecule has 0 aliphatic rings. The normalized spacial score (nSPS) is 12.0. The van der Waals surface area contributed by atoms with Gasteiger partial charge in [-0.3, -0.25) is 0 Å². The van der Waals surface area contributed by atoms with Gasteiger partial charge in [0, 0.05) is 31.5 Å². The van der Waals surface area contributed by atoms with Gasteiger partial charge in [0.25, 0.3) is 0 Å². The highest BCUT2D eigenvalue weighted by molar-refractivity contribution is 5.60. The molecular weight excluding hydrogens is 260 g/mol. The van der Waals surface area contributed by atoms with E-state index in [1.807, 2.05) is 18.2 Å². The van der Waals surface area contributed by atoms with Crippen LogP contribution in [0, 0.1) is 6.92 Å². The van der Waals surface area contributed by atoms with Crippen molar-refractivity contribution in [2.45, 2.75) is 26.5 Å². The minimum atomic E-state index is 0.0806. The number of rotatable bonds is 5. The number of anilines is 2. The lowest BCUT2D eigenvalue weighted by Gasteiger charge is -2.20. The van der Waals surface area contributed by atoms with Gasteiger partial charge >= 0.3 is 0 Å². The molecule has 0 heterocycles. The van der Waals surface area contributed by atoms with E-state index in [4.69, 9.17) is 0 Å². The Morgan fingerprint density at radius 1 is 1.14 bits per heavy atom. The second kappa shape index (κ2) is 6.64. The van der Waals surface area contributed by atoms with Crippen molar-refractivity contribution in [3.63, 3.8) is 0 Å². The number of benzene rings is 2. The van der Waals surface area contributed by atoms with Gasteiger partial charge in [-0.25, -0.2) is 0 Å². The Kier molecular flexibility index (Phi) is 4.86. The van der Waals surface area contributed by atoms with Gasteiger partial charge < -0.3 is 15.3 Å². The summed E-state index contributed by atoms with van der Waals surface area (Å²) < 4.78 is 0. The quantitative estimate of drug-likeness (QED) is 0.878. The van der Waals surface area contributed by atoms with E-state index < -0.39 is 0 Å². The van der Waals surface area contributed by atoms with Crippen LogP contribution in [0.4, 0.5) is 11.4 Å². The predicted octanol–water partition coefficient (Wildman–Crippen LogP) is 3.73. The molecule has 3 heteroatoms. The molecule has 0 fully saturated rings. The summed E-state index contributed by atoms with van der Waals surface area (Å²) in [6.07, 6.45) is 0. The molecule has 0 aliphatic carbocycles. The molecule has 112 valence electrons. The first-order chi connectivity index (χ1) is 10.0. The van der Waals surface area contributed by atoms with Crippen LogP contribution in [0.2, 0.25) is 0 Å². The van der Waals surface area contributed by atoms with Crippen LogP contribution in [-0.4, -0.2) is 19.2 Å². The van der Waals surface area contributed by atoms with Crippen molar-refractivity contribution < 1.29 is 5.11 Å². The van der Waals surface area contributed by atoms with Gasteiger partial charge in [0.1, 0.15) is 0 Å². The van der Waals surface area contributed by atoms with Crippen molar-refractivity contribution in [3.05, 3.63) is 59.2 Å². The van der Waals surface area contributed by atoms with Crippen molar-refractivity contribution in [3.8, 4) is 0 Å². The number of aliphatic hydroxyl groups excluding tert-OH is 1. The molecule has 21 heavy (non-hydrogen) atoms. The molecule has 3 nitrogen and oxygen atoms in total. The molecule has 0 amide bonds. The first kappa shape index (κ1) is 15.4. The SMILES string of the molecule is Cc1cc(NC(C)c2cccc(CO)c2)ccc1N(C)C. The van der Waals surface area contributed by atoms with Crippen LogP contribution in [-0.2, 0) is 6.61 Å². The lowest BCUT2D eigenvalue weighted by molar-refractivity contribution is 0.281. The summed E-state index contributed by atoms with van der Waals surface area (Å²) in [5, 5.41) is 12.7. The monoisotopic (exact) mass is 284 g/mol. The molecule has 0 aliphatic heterocycles. The van der Waals surface area contributed by atoms with Gasteiger partial charge in [0.2, 0.25) is 0 Å². The molecule has 0 bridgehead atoms. The summed E-state index contributed by atoms with van der Waals surface area (Å²) in [7, 11) is 4.11. The smallest absolute Gasteiger partial charge is 0.0681 e. The maximum Gasteiger partial charge on any atom is 0.0681 e. The van der Waals surface area contributed by atoms with E-state index in [1.54, 1.807) is 0 Å². The van der Waals surface area contributed by atoms with Crippen molar-refractivity contribution >= 4 is 11.4 Å². The van der Waals surface area contributed by atoms with E-state index in [2.05, 4.69) is 62.4 Å². The topological polar surface area (TPSA) is 35.5 Å². The number of nitrogens with zero attached hydrogens (tertiary/aromatic N) is 1. The Bertz CT molecular complexity index is 608. The van der Waals surface area contributed by atoms with E-state index in [-0.39, 0.29) is 12.6 Å². The second-order valence-corrected chi connectivity index (χ2v) is 5.66. The summed E-state index contributed by atoms with van der Waals surface area (Å²) in [4.78, 5) is 2.12. The lowest BCUT2D eigenvalue weighted by Crippen LogP contribution is -2.11. The largest absolute Gasteiger partial charge is 0.392 e. The summed E-state index contributed by atoms with van der Waals surface area (Å²) in [6.45, 7) is 4.33. The second-order valence-electron chi connectivity index (χ2n) is 5.66. The molecule has 0 saturated heterocycles. The summed E-state index contributed by atoms with van der Waals surface area (Å²) in [5.74, 6) is 0. The van der Waals surface area contributed by atoms with E-state index in [0.717, 1.165) is 11.3 Å². The molecule has 2 rings (SSSR count). The van der Waals surface area contributed by atoms with Gasteiger partial charge in [0.05, 0.1) is 6.61 Å². The number of hydrogen-bond acceptors (Lipinski definition) is 3. The first-order valence-corrected chi connectivity index (χ1v) is 7.25. The van der Waals surface area contributed by atoms with E-state index in [1.165, 1.54) is 16.8 Å². The number of aliphatic hydroxyl groups is 1. The lowest BCUT2D eigenvalue weighted by atomic mass is 10.0. The van der Waals surface area contributed by atoms with Crippen molar-refractivity contribution in [1.82, 2.24) is 0 Å². The van der Waals surface area contributed by atoms with Gasteiger partial charge in [-0.15, -0.1) is 0 Å². The van der Waals surface area contributed by atoms with Gasteiger partial charge in [-0.2, -0.15) is 0 Å². The molecule has 0 aromatic heterocycles. The third kappa shape index (κ3) is 3.76. The van der Waals surface area contributed by atoms with E-state index >= 15 is 0 Å². The van der Waals surface area contributed by atoms with Crippen LogP contribution in [0.15, 0.2) is 42.5 Å². The fourth-order valence-electron chi connectivity index (χ4n) is 2.54. The number of aryl methyl sites for hydroxylation is 1. The zero-order chi connectivity index (χ0) is 15.4. The van der Waals surface area contributed by atoms with Crippen LogP contribution < -0.4 is 10.2 Å². The highest BCUT2D eigenvalue weighted by Crippen LogP contribution is 2.25. The van der Waals surface area contributed by atoms with Crippen molar-refractivity contribution in [2.24, 2.45) is 0 Å². The highest BCUT2D eigenvalue weighted by Gasteiger charge is 2.07. The van der Waals surface area contributed by atoms with E-state index in [9.17, 15) is 5.11 Å². The minimum absolute atomic E-state index is 0.0806. The maximum absolute atomic E-state index is 9.23. The number of nitrogens with one attached hydrogen (secondary N) is 1. The third-order valence-electron chi connectivity index (χ3n) is 3.70. The van der Waals surface area contributed by atoms with Crippen LogP contribution in [0.1, 0.15) is 29.7 Å². The average molecular weight is 284 g/mol. The molecule has 0 radical (unpaired) electrons. The van der Waals surface area contributed by atoms with Crippen LogP contribution in [0.25, 0.3) is 0 Å². The maximum atomic E-state index is 9.23. The fourth-order valence-corrected chi connectivity index (χ4v) is 2.54. The average Bonchev–Trinajstić information content (AvgIpc) is 2.47. The third-order valence-corrected chi connectivity index (χ3v) is 3.70. The molecule has 2 N–H and O–H groups in total. The van der Waals surface area contributed by atoms with E-state index in [0.29, 0.717) is 0 Å². The minimum Gasteiger partial charge on any atom is -0.392 e. The van der Waals surface area contributed by atoms with Crippen molar-refractivity contribution in [1.29, 1.82) is 0 Å². The Morgan fingerprint density at radius 3 is 2.52 bits per heavy atom. The van der Waals surface area contributed by atoms with Crippen molar-refractivity contribution in [2.75, 3.05) is 24.3 Å². The first-order valence-electron chi connectivity index (χ1n) is 7.25. The molecule has 0 spiro atoms. The van der Waals surface area contributed by atoms with Crippen LogP contribution >= 0.6 is 0 Å².